The summed E-state index contributed by atoms with van der Waals surface area (Å²) >= 11 is 0. The Balaban J connectivity index is 1.43. The van der Waals surface area contributed by atoms with Crippen molar-refractivity contribution in [2.45, 2.75) is 129 Å². The second kappa shape index (κ2) is 16.1. The van der Waals surface area contributed by atoms with Gasteiger partial charge in [-0.05, 0) is 63.7 Å². The van der Waals surface area contributed by atoms with Crippen LogP contribution in [0.1, 0.15) is 117 Å². The molecule has 0 aliphatic heterocycles. The predicted octanol–water partition coefficient (Wildman–Crippen LogP) is 6.84. The molecule has 0 bridgehead atoms. The number of hydrogen-bond acceptors (Lipinski definition) is 4. The Labute approximate surface area is 185 Å². The first kappa shape index (κ1) is 25.6. The highest BCUT2D eigenvalue weighted by atomic mass is 16.5. The van der Waals surface area contributed by atoms with Gasteiger partial charge in [-0.3, -0.25) is 4.79 Å². The Kier molecular flexibility index (Phi) is 13.8. The van der Waals surface area contributed by atoms with Crippen LogP contribution in [-0.2, 0) is 19.0 Å². The largest absolute Gasteiger partial charge is 0.465 e. The summed E-state index contributed by atoms with van der Waals surface area (Å²) in [6.07, 6.45) is 19.6. The lowest BCUT2D eigenvalue weighted by molar-refractivity contribution is -0.151. The van der Waals surface area contributed by atoms with Crippen molar-refractivity contribution in [2.24, 2.45) is 11.8 Å². The van der Waals surface area contributed by atoms with Crippen molar-refractivity contribution in [3.05, 3.63) is 0 Å². The first-order valence-electron chi connectivity index (χ1n) is 13.1. The molecule has 0 amide bonds. The monoisotopic (exact) mass is 424 g/mol. The summed E-state index contributed by atoms with van der Waals surface area (Å²) in [7, 11) is 0. The molecule has 0 aromatic heterocycles. The second-order valence-corrected chi connectivity index (χ2v) is 9.58. The zero-order valence-electron chi connectivity index (χ0n) is 19.9. The van der Waals surface area contributed by atoms with E-state index < -0.39 is 0 Å². The standard InChI is InChI=1S/C26H48O4/c1-3-5-6-7-8-9-19-30-26(27)23-13-17-25(18-14-23)29-21-20-28-24-15-11-22(10-4-2)12-16-24/h22-25H,3-21H2,1-2H3. The highest BCUT2D eigenvalue weighted by Crippen LogP contribution is 2.30. The van der Waals surface area contributed by atoms with Crippen molar-refractivity contribution < 1.29 is 19.0 Å². The molecule has 0 radical (unpaired) electrons. The first-order chi connectivity index (χ1) is 14.7. The maximum atomic E-state index is 12.3. The topological polar surface area (TPSA) is 44.8 Å². The molecule has 30 heavy (non-hydrogen) atoms. The van der Waals surface area contributed by atoms with E-state index in [1.807, 2.05) is 0 Å². The van der Waals surface area contributed by atoms with E-state index in [1.165, 1.54) is 70.6 Å². The van der Waals surface area contributed by atoms with Crippen LogP contribution in [0.25, 0.3) is 0 Å². The maximum absolute atomic E-state index is 12.3. The van der Waals surface area contributed by atoms with Crippen LogP contribution in [0.5, 0.6) is 0 Å². The molecule has 0 N–H and O–H groups in total. The molecular formula is C26H48O4. The predicted molar refractivity (Wildman–Crippen MR) is 123 cm³/mol. The number of rotatable bonds is 15. The third-order valence-corrected chi connectivity index (χ3v) is 7.03. The van der Waals surface area contributed by atoms with Gasteiger partial charge in [0.15, 0.2) is 0 Å². The molecular weight excluding hydrogens is 376 g/mol. The third kappa shape index (κ3) is 10.6. The highest BCUT2D eigenvalue weighted by Gasteiger charge is 2.28. The second-order valence-electron chi connectivity index (χ2n) is 9.58. The molecule has 2 saturated carbocycles. The van der Waals surface area contributed by atoms with E-state index in [-0.39, 0.29) is 18.0 Å². The Bertz CT molecular complexity index is 423. The van der Waals surface area contributed by atoms with E-state index in [1.54, 1.807) is 0 Å². The number of carbonyl (C=O) groups excluding carboxylic acids is 1. The molecule has 2 aliphatic rings. The fourth-order valence-electron chi connectivity index (χ4n) is 5.06. The van der Waals surface area contributed by atoms with Crippen LogP contribution >= 0.6 is 0 Å². The van der Waals surface area contributed by atoms with E-state index in [9.17, 15) is 4.79 Å². The number of carbonyl (C=O) groups is 1. The van der Waals surface area contributed by atoms with Crippen LogP contribution in [0, 0.1) is 11.8 Å². The fourth-order valence-corrected chi connectivity index (χ4v) is 5.06. The zero-order chi connectivity index (χ0) is 21.4. The van der Waals surface area contributed by atoms with Crippen molar-refractivity contribution in [3.63, 3.8) is 0 Å². The summed E-state index contributed by atoms with van der Waals surface area (Å²) in [5.74, 6) is 1.03. The molecule has 2 rings (SSSR count). The van der Waals surface area contributed by atoms with Crippen molar-refractivity contribution >= 4 is 5.97 Å². The normalized spacial score (nSPS) is 27.1. The molecule has 4 heteroatoms. The molecule has 0 atom stereocenters. The van der Waals surface area contributed by atoms with Crippen LogP contribution < -0.4 is 0 Å². The van der Waals surface area contributed by atoms with Crippen molar-refractivity contribution in [3.8, 4) is 0 Å². The minimum absolute atomic E-state index is 0.0176. The van der Waals surface area contributed by atoms with Crippen molar-refractivity contribution in [1.82, 2.24) is 0 Å². The van der Waals surface area contributed by atoms with Crippen LogP contribution in [-0.4, -0.2) is 38.0 Å². The molecule has 0 heterocycles. The van der Waals surface area contributed by atoms with Gasteiger partial charge < -0.3 is 14.2 Å². The molecule has 0 unspecified atom stereocenters. The Hall–Kier alpha value is -0.610. The SMILES string of the molecule is CCCCCCCCOC(=O)C1CCC(OCCOC2CCC(CCC)CC2)CC1. The number of hydrogen-bond donors (Lipinski definition) is 0. The van der Waals surface area contributed by atoms with Gasteiger partial charge in [0, 0.05) is 0 Å². The lowest BCUT2D eigenvalue weighted by atomic mass is 9.85. The summed E-state index contributed by atoms with van der Waals surface area (Å²) in [6.45, 7) is 6.51. The third-order valence-electron chi connectivity index (χ3n) is 7.03. The Morgan fingerprint density at radius 2 is 1.23 bits per heavy atom. The molecule has 4 nitrogen and oxygen atoms in total. The van der Waals surface area contributed by atoms with Gasteiger partial charge in [-0.15, -0.1) is 0 Å². The van der Waals surface area contributed by atoms with Gasteiger partial charge >= 0.3 is 5.97 Å². The van der Waals surface area contributed by atoms with Crippen LogP contribution in [0.15, 0.2) is 0 Å². The molecule has 0 aromatic rings. The molecule has 0 saturated heterocycles. The molecule has 176 valence electrons. The lowest BCUT2D eigenvalue weighted by Gasteiger charge is -2.29. The van der Waals surface area contributed by atoms with Gasteiger partial charge in [0.1, 0.15) is 0 Å². The summed E-state index contributed by atoms with van der Waals surface area (Å²) in [6, 6.07) is 0. The summed E-state index contributed by atoms with van der Waals surface area (Å²) in [4.78, 5) is 12.3. The zero-order valence-corrected chi connectivity index (χ0v) is 19.9. The average Bonchev–Trinajstić information content (AvgIpc) is 2.77. The van der Waals surface area contributed by atoms with Gasteiger partial charge in [-0.2, -0.15) is 0 Å². The Morgan fingerprint density at radius 1 is 0.667 bits per heavy atom. The minimum atomic E-state index is 0.0176. The maximum Gasteiger partial charge on any atom is 0.308 e. The summed E-state index contributed by atoms with van der Waals surface area (Å²) in [5, 5.41) is 0. The average molecular weight is 425 g/mol. The van der Waals surface area contributed by atoms with E-state index in [4.69, 9.17) is 14.2 Å². The molecule has 0 spiro atoms. The summed E-state index contributed by atoms with van der Waals surface area (Å²) in [5.41, 5.74) is 0. The van der Waals surface area contributed by atoms with Crippen molar-refractivity contribution in [1.29, 1.82) is 0 Å². The fraction of sp³-hybridized carbons (Fsp3) is 0.962. The smallest absolute Gasteiger partial charge is 0.308 e. The van der Waals surface area contributed by atoms with Gasteiger partial charge in [-0.25, -0.2) is 0 Å². The van der Waals surface area contributed by atoms with E-state index in [2.05, 4.69) is 13.8 Å². The van der Waals surface area contributed by atoms with Crippen LogP contribution in [0.3, 0.4) is 0 Å². The van der Waals surface area contributed by atoms with Gasteiger partial charge in [0.2, 0.25) is 0 Å². The number of ether oxygens (including phenoxy) is 3. The lowest BCUT2D eigenvalue weighted by Crippen LogP contribution is -2.29. The molecule has 0 aromatic carbocycles. The summed E-state index contributed by atoms with van der Waals surface area (Å²) < 4.78 is 17.6. The quantitative estimate of drug-likeness (QED) is 0.213. The molecule has 2 aliphatic carbocycles. The Morgan fingerprint density at radius 3 is 1.83 bits per heavy atom. The number of esters is 1. The van der Waals surface area contributed by atoms with Gasteiger partial charge in [0.05, 0.1) is 37.9 Å². The van der Waals surface area contributed by atoms with Gasteiger partial charge in [0.25, 0.3) is 0 Å². The van der Waals surface area contributed by atoms with Crippen molar-refractivity contribution in [2.75, 3.05) is 19.8 Å². The van der Waals surface area contributed by atoms with Crippen LogP contribution in [0.4, 0.5) is 0 Å². The molecule has 2 fully saturated rings. The van der Waals surface area contributed by atoms with E-state index in [0.717, 1.165) is 38.0 Å². The van der Waals surface area contributed by atoms with Crippen LogP contribution in [0.2, 0.25) is 0 Å². The first-order valence-corrected chi connectivity index (χ1v) is 13.1. The van der Waals surface area contributed by atoms with E-state index in [0.29, 0.717) is 25.9 Å². The van der Waals surface area contributed by atoms with Gasteiger partial charge in [-0.1, -0.05) is 58.8 Å². The van der Waals surface area contributed by atoms with E-state index >= 15 is 0 Å². The number of unbranched alkanes of at least 4 members (excludes halogenated alkanes) is 5. The minimum Gasteiger partial charge on any atom is -0.465 e. The highest BCUT2D eigenvalue weighted by molar-refractivity contribution is 5.72.